The summed E-state index contributed by atoms with van der Waals surface area (Å²) in [5, 5.41) is 0. The van der Waals surface area contributed by atoms with Gasteiger partial charge in [0, 0.05) is 38.4 Å². The van der Waals surface area contributed by atoms with Crippen molar-refractivity contribution in [3.8, 4) is 0 Å². The molecule has 0 unspecified atom stereocenters. The van der Waals surface area contributed by atoms with E-state index >= 15 is 0 Å². The molecule has 0 saturated carbocycles. The number of benzene rings is 1. The molecule has 0 N–H and O–H groups in total. The number of nitrogens with zero attached hydrogens (tertiary/aromatic N) is 2. The van der Waals surface area contributed by atoms with Crippen LogP contribution >= 0.6 is 0 Å². The molecule has 1 aliphatic rings. The number of hydrogen-bond acceptors (Lipinski definition) is 4. The van der Waals surface area contributed by atoms with Gasteiger partial charge in [0.25, 0.3) is 0 Å². The molecule has 1 saturated heterocycles. The van der Waals surface area contributed by atoms with Crippen molar-refractivity contribution in [3.05, 3.63) is 35.4 Å². The number of hydrogen-bond donors (Lipinski definition) is 0. The molecule has 1 aliphatic heterocycles. The van der Waals surface area contributed by atoms with Gasteiger partial charge in [-0.2, -0.15) is 4.31 Å². The maximum atomic E-state index is 13.3. The van der Waals surface area contributed by atoms with Crippen molar-refractivity contribution >= 4 is 10.0 Å². The first kappa shape index (κ1) is 19.2. The van der Waals surface area contributed by atoms with Crippen LogP contribution in [-0.4, -0.2) is 64.1 Å². The van der Waals surface area contributed by atoms with Gasteiger partial charge in [0.1, 0.15) is 11.6 Å². The smallest absolute Gasteiger partial charge is 0.218 e. The molecule has 5 nitrogen and oxygen atoms in total. The maximum Gasteiger partial charge on any atom is 0.218 e. The molecule has 0 aromatic heterocycles. The zero-order chi connectivity index (χ0) is 17.7. The second kappa shape index (κ2) is 8.33. The molecule has 8 heteroatoms. The molecule has 136 valence electrons. The Labute approximate surface area is 142 Å². The zero-order valence-corrected chi connectivity index (χ0v) is 14.9. The van der Waals surface area contributed by atoms with Gasteiger partial charge in [-0.25, -0.2) is 17.2 Å². The largest absolute Gasteiger partial charge is 0.381 e. The minimum atomic E-state index is -3.69. The SMILES string of the molecule is CN(C)CCN(C1CCOCC1)S(=O)(=O)Cc1cc(F)cc(F)c1. The molecule has 0 amide bonds. The molecule has 1 heterocycles. The highest BCUT2D eigenvalue weighted by molar-refractivity contribution is 7.88. The third kappa shape index (κ3) is 5.47. The molecule has 0 spiro atoms. The Hall–Kier alpha value is -1.09. The first-order valence-corrected chi connectivity index (χ1v) is 9.56. The summed E-state index contributed by atoms with van der Waals surface area (Å²) < 4.78 is 59.2. The number of likely N-dealkylation sites (N-methyl/N-ethyl adjacent to an activating group) is 1. The summed E-state index contributed by atoms with van der Waals surface area (Å²) in [6.45, 7) is 1.96. The van der Waals surface area contributed by atoms with E-state index in [9.17, 15) is 17.2 Å². The summed E-state index contributed by atoms with van der Waals surface area (Å²) in [5.74, 6) is -1.95. The molecular weight excluding hydrogens is 338 g/mol. The normalized spacial score (nSPS) is 16.9. The summed E-state index contributed by atoms with van der Waals surface area (Å²) in [5.41, 5.74) is 0.120. The monoisotopic (exact) mass is 362 g/mol. The summed E-state index contributed by atoms with van der Waals surface area (Å²) in [4.78, 5) is 1.91. The van der Waals surface area contributed by atoms with E-state index in [2.05, 4.69) is 0 Å². The number of sulfonamides is 1. The highest BCUT2D eigenvalue weighted by Gasteiger charge is 2.31. The molecule has 1 aromatic rings. The van der Waals surface area contributed by atoms with E-state index in [1.807, 2.05) is 19.0 Å². The van der Waals surface area contributed by atoms with Crippen LogP contribution in [0.2, 0.25) is 0 Å². The standard InChI is InChI=1S/C16H24F2N2O3S/c1-19(2)5-6-20(16-3-7-23-8-4-16)24(21,22)12-13-9-14(17)11-15(18)10-13/h9-11,16H,3-8,12H2,1-2H3. The van der Waals surface area contributed by atoms with Crippen LogP contribution in [0, 0.1) is 11.6 Å². The van der Waals surface area contributed by atoms with Crippen LogP contribution in [0.15, 0.2) is 18.2 Å². The van der Waals surface area contributed by atoms with Crippen molar-refractivity contribution in [2.24, 2.45) is 0 Å². The topological polar surface area (TPSA) is 49.9 Å². The molecule has 0 aliphatic carbocycles. The maximum absolute atomic E-state index is 13.3. The Bertz CT molecular complexity index is 626. The van der Waals surface area contributed by atoms with Crippen LogP contribution in [0.4, 0.5) is 8.78 Å². The highest BCUT2D eigenvalue weighted by atomic mass is 32.2. The predicted molar refractivity (Wildman–Crippen MR) is 88.1 cm³/mol. The van der Waals surface area contributed by atoms with Crippen molar-refractivity contribution in [2.75, 3.05) is 40.4 Å². The van der Waals surface area contributed by atoms with E-state index in [0.29, 0.717) is 39.1 Å². The van der Waals surface area contributed by atoms with Crippen molar-refractivity contribution < 1.29 is 21.9 Å². The molecule has 1 aromatic carbocycles. The van der Waals surface area contributed by atoms with Gasteiger partial charge < -0.3 is 9.64 Å². The second-order valence-corrected chi connectivity index (χ2v) is 8.21. The summed E-state index contributed by atoms with van der Waals surface area (Å²) >= 11 is 0. The van der Waals surface area contributed by atoms with Gasteiger partial charge in [0.15, 0.2) is 0 Å². The molecule has 1 fully saturated rings. The highest BCUT2D eigenvalue weighted by Crippen LogP contribution is 2.21. The van der Waals surface area contributed by atoms with E-state index in [1.165, 1.54) is 4.31 Å². The number of rotatable bonds is 7. The van der Waals surface area contributed by atoms with Crippen molar-refractivity contribution in [2.45, 2.75) is 24.6 Å². The van der Waals surface area contributed by atoms with Crippen LogP contribution in [0.1, 0.15) is 18.4 Å². The Morgan fingerprint density at radius 3 is 2.21 bits per heavy atom. The van der Waals surface area contributed by atoms with E-state index in [-0.39, 0.29) is 11.6 Å². The van der Waals surface area contributed by atoms with Gasteiger partial charge in [-0.1, -0.05) is 0 Å². The fraction of sp³-hybridized carbons (Fsp3) is 0.625. The van der Waals surface area contributed by atoms with Crippen LogP contribution in [0.3, 0.4) is 0 Å². The lowest BCUT2D eigenvalue weighted by Crippen LogP contribution is -2.46. The van der Waals surface area contributed by atoms with E-state index in [4.69, 9.17) is 4.74 Å². The average molecular weight is 362 g/mol. The van der Waals surface area contributed by atoms with Gasteiger partial charge in [0.05, 0.1) is 5.75 Å². The van der Waals surface area contributed by atoms with Crippen LogP contribution in [0.5, 0.6) is 0 Å². The van der Waals surface area contributed by atoms with Gasteiger partial charge in [-0.15, -0.1) is 0 Å². The fourth-order valence-corrected chi connectivity index (χ4v) is 4.59. The summed E-state index contributed by atoms with van der Waals surface area (Å²) in [6, 6.07) is 2.73. The van der Waals surface area contributed by atoms with Gasteiger partial charge in [-0.3, -0.25) is 0 Å². The lowest BCUT2D eigenvalue weighted by Gasteiger charge is -2.34. The lowest BCUT2D eigenvalue weighted by molar-refractivity contribution is 0.0572. The minimum absolute atomic E-state index is 0.120. The predicted octanol–water partition coefficient (Wildman–Crippen LogP) is 1.84. The van der Waals surface area contributed by atoms with E-state index in [1.54, 1.807) is 0 Å². The second-order valence-electron chi connectivity index (χ2n) is 6.29. The molecule has 24 heavy (non-hydrogen) atoms. The Morgan fingerprint density at radius 2 is 1.67 bits per heavy atom. The summed E-state index contributed by atoms with van der Waals surface area (Å²) in [6.07, 6.45) is 1.26. The third-order valence-electron chi connectivity index (χ3n) is 3.99. The molecular formula is C16H24F2N2O3S. The van der Waals surface area contributed by atoms with Crippen molar-refractivity contribution in [3.63, 3.8) is 0 Å². The molecule has 0 atom stereocenters. The Balaban J connectivity index is 2.21. The van der Waals surface area contributed by atoms with Gasteiger partial charge in [-0.05, 0) is 44.6 Å². The minimum Gasteiger partial charge on any atom is -0.381 e. The van der Waals surface area contributed by atoms with Crippen LogP contribution in [-0.2, 0) is 20.5 Å². The first-order valence-electron chi connectivity index (χ1n) is 7.95. The molecule has 0 bridgehead atoms. The van der Waals surface area contributed by atoms with Crippen LogP contribution in [0.25, 0.3) is 0 Å². The van der Waals surface area contributed by atoms with Gasteiger partial charge in [0.2, 0.25) is 10.0 Å². The molecule has 2 rings (SSSR count). The summed E-state index contributed by atoms with van der Waals surface area (Å²) in [7, 11) is 0.0571. The van der Waals surface area contributed by atoms with E-state index in [0.717, 1.165) is 18.2 Å². The number of halogens is 2. The molecule has 0 radical (unpaired) electrons. The Kier molecular flexibility index (Phi) is 6.68. The van der Waals surface area contributed by atoms with Gasteiger partial charge >= 0.3 is 0 Å². The average Bonchev–Trinajstić information content (AvgIpc) is 2.46. The zero-order valence-electron chi connectivity index (χ0n) is 14.0. The fourth-order valence-electron chi connectivity index (χ4n) is 2.81. The van der Waals surface area contributed by atoms with Crippen molar-refractivity contribution in [1.29, 1.82) is 0 Å². The lowest BCUT2D eigenvalue weighted by atomic mass is 10.1. The quantitative estimate of drug-likeness (QED) is 0.743. The third-order valence-corrected chi connectivity index (χ3v) is 5.89. The van der Waals surface area contributed by atoms with Crippen LogP contribution < -0.4 is 0 Å². The van der Waals surface area contributed by atoms with E-state index < -0.39 is 27.4 Å². The Morgan fingerprint density at radius 1 is 1.08 bits per heavy atom. The first-order chi connectivity index (χ1) is 11.3. The number of ether oxygens (including phenoxy) is 1. The van der Waals surface area contributed by atoms with Crippen molar-refractivity contribution in [1.82, 2.24) is 9.21 Å².